The number of phenolic OH excluding ortho intramolecular Hbond substituents is 2. The Hall–Kier alpha value is -3.86. The number of ketones is 2. The van der Waals surface area contributed by atoms with Gasteiger partial charge in [-0.2, -0.15) is 0 Å². The molecule has 3 aromatic carbocycles. The van der Waals surface area contributed by atoms with E-state index in [9.17, 15) is 19.8 Å². The molecule has 0 fully saturated rings. The summed E-state index contributed by atoms with van der Waals surface area (Å²) >= 11 is 0. The number of aromatic hydroxyl groups is 2. The number of carbonyl (C=O) groups excluding carboxylic acids is 2. The van der Waals surface area contributed by atoms with E-state index in [4.69, 9.17) is 4.74 Å². The second-order valence-corrected chi connectivity index (χ2v) is 6.83. The highest BCUT2D eigenvalue weighted by atomic mass is 16.5. The number of rotatable bonds is 7. The van der Waals surface area contributed by atoms with Gasteiger partial charge in [-0.1, -0.05) is 49.9 Å². The van der Waals surface area contributed by atoms with Gasteiger partial charge in [0.1, 0.15) is 17.2 Å². The summed E-state index contributed by atoms with van der Waals surface area (Å²) in [4.78, 5) is 25.2. The van der Waals surface area contributed by atoms with Gasteiger partial charge in [-0.25, -0.2) is 0 Å². The summed E-state index contributed by atoms with van der Waals surface area (Å²) in [7, 11) is 1.46. The molecule has 1 atom stereocenters. The van der Waals surface area contributed by atoms with Crippen molar-refractivity contribution < 1.29 is 24.5 Å². The third-order valence-electron chi connectivity index (χ3n) is 5.06. The Bertz CT molecular complexity index is 1130. The lowest BCUT2D eigenvalue weighted by molar-refractivity contribution is -0.115. The lowest BCUT2D eigenvalue weighted by Crippen LogP contribution is -2.08. The minimum atomic E-state index is -0.526. The van der Waals surface area contributed by atoms with E-state index in [1.165, 1.54) is 37.5 Å². The van der Waals surface area contributed by atoms with E-state index in [2.05, 4.69) is 6.58 Å². The minimum absolute atomic E-state index is 0.0183. The lowest BCUT2D eigenvalue weighted by Gasteiger charge is -2.18. The molecule has 0 radical (unpaired) electrons. The Kier molecular flexibility index (Phi) is 6.02. The van der Waals surface area contributed by atoms with Crippen LogP contribution in [0.25, 0.3) is 11.1 Å². The average Bonchev–Trinajstić information content (AvgIpc) is 2.77. The molecule has 152 valence electrons. The Morgan fingerprint density at radius 2 is 1.60 bits per heavy atom. The first-order valence-electron chi connectivity index (χ1n) is 9.38. The molecule has 0 saturated heterocycles. The van der Waals surface area contributed by atoms with Gasteiger partial charge in [0.05, 0.1) is 18.2 Å². The highest BCUT2D eigenvalue weighted by Crippen LogP contribution is 2.40. The molecule has 3 aromatic rings. The number of benzene rings is 3. The molecule has 0 aromatic heterocycles. The van der Waals surface area contributed by atoms with Crippen molar-refractivity contribution in [3.05, 3.63) is 90.0 Å². The molecule has 3 rings (SSSR count). The summed E-state index contributed by atoms with van der Waals surface area (Å²) in [5.74, 6) is -1.20. The van der Waals surface area contributed by atoms with Crippen LogP contribution in [0.5, 0.6) is 17.2 Å². The van der Waals surface area contributed by atoms with Crippen molar-refractivity contribution in [3.63, 3.8) is 0 Å². The van der Waals surface area contributed by atoms with Crippen molar-refractivity contribution in [2.24, 2.45) is 0 Å². The van der Waals surface area contributed by atoms with Crippen molar-refractivity contribution in [2.45, 2.75) is 12.8 Å². The number of methoxy groups -OCH3 is 1. The molecular weight excluding hydrogens is 380 g/mol. The normalized spacial score (nSPS) is 11.5. The van der Waals surface area contributed by atoms with Crippen molar-refractivity contribution in [3.8, 4) is 28.4 Å². The van der Waals surface area contributed by atoms with Crippen LogP contribution in [0.15, 0.2) is 73.3 Å². The molecular formula is C25H22O5. The maximum absolute atomic E-state index is 13.0. The Morgan fingerprint density at radius 3 is 2.27 bits per heavy atom. The van der Waals surface area contributed by atoms with Crippen LogP contribution in [0.3, 0.4) is 0 Å². The zero-order chi connectivity index (χ0) is 21.8. The quantitative estimate of drug-likeness (QED) is 0.435. The van der Waals surface area contributed by atoms with E-state index in [0.717, 1.165) is 5.56 Å². The highest BCUT2D eigenvalue weighted by molar-refractivity contribution is 6.13. The lowest BCUT2D eigenvalue weighted by atomic mass is 9.87. The molecule has 2 N–H and O–H groups in total. The SMILES string of the molecule is C=CC(=O)C(C)c1ccccc1-c1cc(C(=O)c2ccccc2O)c(O)cc1OC. The van der Waals surface area contributed by atoms with Gasteiger partial charge >= 0.3 is 0 Å². The number of carbonyl (C=O) groups is 2. The van der Waals surface area contributed by atoms with E-state index in [-0.39, 0.29) is 28.4 Å². The molecule has 0 bridgehead atoms. The number of allylic oxidation sites excluding steroid dienone is 1. The summed E-state index contributed by atoms with van der Waals surface area (Å²) in [6, 6.07) is 16.3. The van der Waals surface area contributed by atoms with Crippen LogP contribution in [0.1, 0.15) is 34.3 Å². The topological polar surface area (TPSA) is 83.8 Å². The first-order valence-corrected chi connectivity index (χ1v) is 9.38. The van der Waals surface area contributed by atoms with Crippen LogP contribution in [0.4, 0.5) is 0 Å². The maximum Gasteiger partial charge on any atom is 0.200 e. The third-order valence-corrected chi connectivity index (χ3v) is 5.06. The third kappa shape index (κ3) is 3.82. The second-order valence-electron chi connectivity index (χ2n) is 6.83. The van der Waals surface area contributed by atoms with Gasteiger partial charge in [0.15, 0.2) is 11.6 Å². The molecule has 0 amide bonds. The van der Waals surface area contributed by atoms with Crippen molar-refractivity contribution in [2.75, 3.05) is 7.11 Å². The van der Waals surface area contributed by atoms with Crippen molar-refractivity contribution in [1.82, 2.24) is 0 Å². The predicted octanol–water partition coefficient (Wildman–Crippen LogP) is 4.86. The highest BCUT2D eigenvalue weighted by Gasteiger charge is 2.23. The van der Waals surface area contributed by atoms with Crippen molar-refractivity contribution >= 4 is 11.6 Å². The molecule has 0 aliphatic carbocycles. The molecule has 5 nitrogen and oxygen atoms in total. The standard InChI is InChI=1S/C25H22O5/c1-4-21(26)15(2)16-9-5-6-10-17(16)19-13-20(23(28)14-24(19)30-3)25(29)18-11-7-8-12-22(18)27/h4-15,27-28H,1H2,2-3H3. The van der Waals surface area contributed by atoms with Crippen LogP contribution in [0.2, 0.25) is 0 Å². The largest absolute Gasteiger partial charge is 0.507 e. The molecule has 5 heteroatoms. The van der Waals surface area contributed by atoms with E-state index < -0.39 is 11.7 Å². The molecule has 0 heterocycles. The van der Waals surface area contributed by atoms with Crippen LogP contribution in [-0.2, 0) is 4.79 Å². The Balaban J connectivity index is 2.21. The van der Waals surface area contributed by atoms with Gasteiger partial charge in [-0.15, -0.1) is 0 Å². The monoisotopic (exact) mass is 402 g/mol. The molecule has 0 spiro atoms. The van der Waals surface area contributed by atoms with Crippen LogP contribution in [-0.4, -0.2) is 28.9 Å². The van der Waals surface area contributed by atoms with Crippen LogP contribution >= 0.6 is 0 Å². The molecule has 0 saturated carbocycles. The molecule has 30 heavy (non-hydrogen) atoms. The first kappa shape index (κ1) is 20.9. The van der Waals surface area contributed by atoms with Gasteiger partial charge in [-0.3, -0.25) is 9.59 Å². The summed E-state index contributed by atoms with van der Waals surface area (Å²) < 4.78 is 5.44. The summed E-state index contributed by atoms with van der Waals surface area (Å²) in [6.07, 6.45) is 1.28. The minimum Gasteiger partial charge on any atom is -0.507 e. The Labute approximate surface area is 174 Å². The van der Waals surface area contributed by atoms with Crippen molar-refractivity contribution in [1.29, 1.82) is 0 Å². The van der Waals surface area contributed by atoms with E-state index in [1.54, 1.807) is 19.1 Å². The van der Waals surface area contributed by atoms with Gasteiger partial charge in [0, 0.05) is 17.5 Å². The number of hydrogen-bond donors (Lipinski definition) is 2. The van der Waals surface area contributed by atoms with Gasteiger partial charge in [0.2, 0.25) is 0 Å². The van der Waals surface area contributed by atoms with Gasteiger partial charge in [-0.05, 0) is 35.4 Å². The number of ether oxygens (including phenoxy) is 1. The van der Waals surface area contributed by atoms with Gasteiger partial charge < -0.3 is 14.9 Å². The zero-order valence-electron chi connectivity index (χ0n) is 16.8. The van der Waals surface area contributed by atoms with E-state index in [0.29, 0.717) is 16.9 Å². The fourth-order valence-corrected chi connectivity index (χ4v) is 3.39. The Morgan fingerprint density at radius 1 is 0.933 bits per heavy atom. The average molecular weight is 402 g/mol. The molecule has 0 aliphatic heterocycles. The van der Waals surface area contributed by atoms with E-state index >= 15 is 0 Å². The number of hydrogen-bond acceptors (Lipinski definition) is 5. The molecule has 1 unspecified atom stereocenters. The molecule has 0 aliphatic rings. The predicted molar refractivity (Wildman–Crippen MR) is 115 cm³/mol. The number of phenols is 2. The van der Waals surface area contributed by atoms with Crippen LogP contribution < -0.4 is 4.74 Å². The summed E-state index contributed by atoms with van der Waals surface area (Å²) in [5.41, 5.74) is 2.08. The second kappa shape index (κ2) is 8.66. The maximum atomic E-state index is 13.0. The summed E-state index contributed by atoms with van der Waals surface area (Å²) in [6.45, 7) is 5.34. The fraction of sp³-hybridized carbons (Fsp3) is 0.120. The van der Waals surface area contributed by atoms with E-state index in [1.807, 2.05) is 24.3 Å². The first-order chi connectivity index (χ1) is 14.4. The fourth-order valence-electron chi connectivity index (χ4n) is 3.39. The van der Waals surface area contributed by atoms with Gasteiger partial charge in [0.25, 0.3) is 0 Å². The number of para-hydroxylation sites is 1. The smallest absolute Gasteiger partial charge is 0.200 e. The summed E-state index contributed by atoms with van der Waals surface area (Å²) in [5, 5.41) is 20.5. The van der Waals surface area contributed by atoms with Crippen LogP contribution in [0, 0.1) is 0 Å². The zero-order valence-corrected chi connectivity index (χ0v) is 16.8.